The average molecular weight is 238 g/mol. The Hall–Kier alpha value is -0.830. The number of amides is 1. The highest BCUT2D eigenvalue weighted by molar-refractivity contribution is 5.78. The van der Waals surface area contributed by atoms with Gasteiger partial charge in [0.05, 0.1) is 6.54 Å². The lowest BCUT2D eigenvalue weighted by Gasteiger charge is -2.14. The summed E-state index contributed by atoms with van der Waals surface area (Å²) in [6, 6.07) is 0.335. The molecule has 2 N–H and O–H groups in total. The zero-order valence-corrected chi connectivity index (χ0v) is 11.2. The topological polar surface area (TPSA) is 41.1 Å². The van der Waals surface area contributed by atoms with Crippen molar-refractivity contribution < 1.29 is 4.79 Å². The standard InChI is InChI=1S/C14H26N2O/c1-3-13(4-2)16-14(17)11-15-10-9-12-7-5-6-8-12/h7,13,15H,3-6,8-11H2,1-2H3,(H,16,17). The second kappa shape index (κ2) is 8.29. The van der Waals surface area contributed by atoms with Crippen LogP contribution in [0, 0.1) is 0 Å². The summed E-state index contributed by atoms with van der Waals surface area (Å²) < 4.78 is 0. The third-order valence-corrected chi connectivity index (χ3v) is 3.39. The molecule has 0 aromatic carbocycles. The quantitative estimate of drug-likeness (QED) is 0.503. The van der Waals surface area contributed by atoms with Gasteiger partial charge in [-0.3, -0.25) is 4.79 Å². The molecular formula is C14H26N2O. The van der Waals surface area contributed by atoms with Gasteiger partial charge in [-0.25, -0.2) is 0 Å². The summed E-state index contributed by atoms with van der Waals surface area (Å²) in [5.41, 5.74) is 1.55. The number of carbonyl (C=O) groups excluding carboxylic acids is 1. The van der Waals surface area contributed by atoms with Crippen molar-refractivity contribution in [2.45, 2.75) is 58.4 Å². The second-order valence-corrected chi connectivity index (χ2v) is 4.76. The molecule has 0 aromatic rings. The molecule has 0 unspecified atom stereocenters. The van der Waals surface area contributed by atoms with Crippen LogP contribution in [0.5, 0.6) is 0 Å². The molecule has 1 aliphatic carbocycles. The van der Waals surface area contributed by atoms with Gasteiger partial charge in [-0.1, -0.05) is 25.5 Å². The van der Waals surface area contributed by atoms with Crippen LogP contribution >= 0.6 is 0 Å². The van der Waals surface area contributed by atoms with Crippen LogP contribution in [0.1, 0.15) is 52.4 Å². The van der Waals surface area contributed by atoms with Gasteiger partial charge in [-0.15, -0.1) is 0 Å². The molecule has 1 amide bonds. The minimum Gasteiger partial charge on any atom is -0.352 e. The molecule has 3 nitrogen and oxygen atoms in total. The SMILES string of the molecule is CCC(CC)NC(=O)CNCCC1=CCCC1. The van der Waals surface area contributed by atoms with E-state index in [0.717, 1.165) is 25.8 Å². The maximum Gasteiger partial charge on any atom is 0.234 e. The Morgan fingerprint density at radius 1 is 1.41 bits per heavy atom. The van der Waals surface area contributed by atoms with Crippen molar-refractivity contribution in [1.82, 2.24) is 10.6 Å². The molecule has 0 heterocycles. The van der Waals surface area contributed by atoms with Crippen molar-refractivity contribution in [3.63, 3.8) is 0 Å². The molecule has 3 heteroatoms. The summed E-state index contributed by atoms with van der Waals surface area (Å²) in [7, 11) is 0. The van der Waals surface area contributed by atoms with Crippen molar-refractivity contribution in [2.75, 3.05) is 13.1 Å². The third kappa shape index (κ3) is 5.87. The van der Waals surface area contributed by atoms with Gasteiger partial charge in [-0.2, -0.15) is 0 Å². The fourth-order valence-electron chi connectivity index (χ4n) is 2.19. The van der Waals surface area contributed by atoms with Gasteiger partial charge in [0.25, 0.3) is 0 Å². The lowest BCUT2D eigenvalue weighted by molar-refractivity contribution is -0.121. The first kappa shape index (κ1) is 14.2. The van der Waals surface area contributed by atoms with Gasteiger partial charge in [-0.05, 0) is 45.1 Å². The van der Waals surface area contributed by atoms with Crippen LogP contribution in [-0.4, -0.2) is 25.0 Å². The molecule has 1 aliphatic rings. The molecule has 0 saturated heterocycles. The van der Waals surface area contributed by atoms with Crippen molar-refractivity contribution in [3.8, 4) is 0 Å². The first-order valence-electron chi connectivity index (χ1n) is 6.94. The normalized spacial score (nSPS) is 15.1. The number of hydrogen-bond acceptors (Lipinski definition) is 2. The van der Waals surface area contributed by atoms with Crippen LogP contribution in [0.25, 0.3) is 0 Å². The first-order valence-corrected chi connectivity index (χ1v) is 6.94. The fourth-order valence-corrected chi connectivity index (χ4v) is 2.19. The van der Waals surface area contributed by atoms with E-state index in [1.165, 1.54) is 19.3 Å². The van der Waals surface area contributed by atoms with E-state index in [0.29, 0.717) is 12.6 Å². The monoisotopic (exact) mass is 238 g/mol. The summed E-state index contributed by atoms with van der Waals surface area (Å²) in [4.78, 5) is 11.6. The van der Waals surface area contributed by atoms with Crippen LogP contribution in [0.15, 0.2) is 11.6 Å². The molecule has 0 fully saturated rings. The highest BCUT2D eigenvalue weighted by Crippen LogP contribution is 2.19. The second-order valence-electron chi connectivity index (χ2n) is 4.76. The Kier molecular flexibility index (Phi) is 6.94. The van der Waals surface area contributed by atoms with E-state index in [2.05, 4.69) is 30.6 Å². The maximum atomic E-state index is 11.6. The molecule has 0 atom stereocenters. The molecule has 0 aromatic heterocycles. The highest BCUT2D eigenvalue weighted by Gasteiger charge is 2.08. The largest absolute Gasteiger partial charge is 0.352 e. The van der Waals surface area contributed by atoms with Crippen molar-refractivity contribution in [3.05, 3.63) is 11.6 Å². The predicted octanol–water partition coefficient (Wildman–Crippen LogP) is 2.38. The third-order valence-electron chi connectivity index (χ3n) is 3.39. The maximum absolute atomic E-state index is 11.6. The lowest BCUT2D eigenvalue weighted by atomic mass is 10.1. The Labute approximate surface area is 105 Å². The summed E-state index contributed by atoms with van der Waals surface area (Å²) in [5.74, 6) is 0.124. The van der Waals surface area contributed by atoms with Crippen molar-refractivity contribution in [2.24, 2.45) is 0 Å². The number of nitrogens with one attached hydrogen (secondary N) is 2. The predicted molar refractivity (Wildman–Crippen MR) is 71.9 cm³/mol. The van der Waals surface area contributed by atoms with E-state index in [1.54, 1.807) is 5.57 Å². The first-order chi connectivity index (χ1) is 8.26. The molecule has 0 aliphatic heterocycles. The number of rotatable bonds is 8. The minimum absolute atomic E-state index is 0.124. The summed E-state index contributed by atoms with van der Waals surface area (Å²) in [6.45, 7) is 5.58. The van der Waals surface area contributed by atoms with E-state index >= 15 is 0 Å². The van der Waals surface area contributed by atoms with E-state index in [4.69, 9.17) is 0 Å². The van der Waals surface area contributed by atoms with Crippen LogP contribution in [0.2, 0.25) is 0 Å². The van der Waals surface area contributed by atoms with Gasteiger partial charge in [0.2, 0.25) is 5.91 Å². The van der Waals surface area contributed by atoms with E-state index in [1.807, 2.05) is 0 Å². The van der Waals surface area contributed by atoms with Gasteiger partial charge in [0.1, 0.15) is 0 Å². The number of allylic oxidation sites excluding steroid dienone is 1. The minimum atomic E-state index is 0.124. The van der Waals surface area contributed by atoms with E-state index < -0.39 is 0 Å². The number of hydrogen-bond donors (Lipinski definition) is 2. The fraction of sp³-hybridized carbons (Fsp3) is 0.786. The van der Waals surface area contributed by atoms with Gasteiger partial charge < -0.3 is 10.6 Å². The molecule has 0 spiro atoms. The Morgan fingerprint density at radius 2 is 2.18 bits per heavy atom. The average Bonchev–Trinajstić information content (AvgIpc) is 2.84. The Morgan fingerprint density at radius 3 is 2.76 bits per heavy atom. The van der Waals surface area contributed by atoms with Crippen molar-refractivity contribution >= 4 is 5.91 Å². The zero-order valence-electron chi connectivity index (χ0n) is 11.2. The van der Waals surface area contributed by atoms with E-state index in [9.17, 15) is 4.79 Å². The molecular weight excluding hydrogens is 212 g/mol. The van der Waals surface area contributed by atoms with Crippen LogP contribution in [0.3, 0.4) is 0 Å². The lowest BCUT2D eigenvalue weighted by Crippen LogP contribution is -2.40. The van der Waals surface area contributed by atoms with E-state index in [-0.39, 0.29) is 5.91 Å². The van der Waals surface area contributed by atoms with Crippen LogP contribution < -0.4 is 10.6 Å². The Bertz CT molecular complexity index is 257. The van der Waals surface area contributed by atoms with Gasteiger partial charge in [0, 0.05) is 6.04 Å². The van der Waals surface area contributed by atoms with Gasteiger partial charge >= 0.3 is 0 Å². The van der Waals surface area contributed by atoms with Gasteiger partial charge in [0.15, 0.2) is 0 Å². The molecule has 17 heavy (non-hydrogen) atoms. The molecule has 0 radical (unpaired) electrons. The summed E-state index contributed by atoms with van der Waals surface area (Å²) in [5, 5.41) is 6.24. The number of carbonyl (C=O) groups is 1. The van der Waals surface area contributed by atoms with Crippen LogP contribution in [0.4, 0.5) is 0 Å². The van der Waals surface area contributed by atoms with Crippen LogP contribution in [-0.2, 0) is 4.79 Å². The molecule has 0 saturated carbocycles. The molecule has 98 valence electrons. The summed E-state index contributed by atoms with van der Waals surface area (Å²) >= 11 is 0. The van der Waals surface area contributed by atoms with Crippen molar-refractivity contribution in [1.29, 1.82) is 0 Å². The zero-order chi connectivity index (χ0) is 12.5. The highest BCUT2D eigenvalue weighted by atomic mass is 16.1. The summed E-state index contributed by atoms with van der Waals surface area (Å²) in [6.07, 6.45) is 9.26. The smallest absolute Gasteiger partial charge is 0.234 e. The molecule has 0 bridgehead atoms. The molecule has 1 rings (SSSR count). The Balaban J connectivity index is 2.03.